The Morgan fingerprint density at radius 2 is 1.95 bits per heavy atom. The molecular formula is C13H15N5S. The van der Waals surface area contributed by atoms with E-state index in [4.69, 9.17) is 0 Å². The second kappa shape index (κ2) is 5.13. The molecule has 0 amide bonds. The summed E-state index contributed by atoms with van der Waals surface area (Å²) in [4.78, 5) is 17.8. The number of thioether (sulfide) groups is 1. The number of nitrogens with one attached hydrogen (secondary N) is 1. The summed E-state index contributed by atoms with van der Waals surface area (Å²) in [5.41, 5.74) is 3.37. The lowest BCUT2D eigenvalue weighted by molar-refractivity contribution is 1.01. The molecule has 0 atom stereocenters. The highest BCUT2D eigenvalue weighted by atomic mass is 32.2. The molecule has 19 heavy (non-hydrogen) atoms. The molecule has 0 bridgehead atoms. The fourth-order valence-corrected chi connectivity index (χ4v) is 3.01. The van der Waals surface area contributed by atoms with Crippen LogP contribution >= 0.6 is 11.8 Å². The summed E-state index contributed by atoms with van der Waals surface area (Å²) in [5, 5.41) is 3.31. The number of anilines is 1. The molecule has 0 unspecified atom stereocenters. The average Bonchev–Trinajstić information content (AvgIpc) is 2.88. The van der Waals surface area contributed by atoms with E-state index >= 15 is 0 Å². The molecule has 0 saturated heterocycles. The summed E-state index contributed by atoms with van der Waals surface area (Å²) in [6.45, 7) is 4.88. The van der Waals surface area contributed by atoms with Crippen LogP contribution in [-0.2, 0) is 11.5 Å². The van der Waals surface area contributed by atoms with Gasteiger partial charge in [-0.2, -0.15) is 11.8 Å². The minimum atomic E-state index is 0.587. The molecule has 0 fully saturated rings. The summed E-state index contributed by atoms with van der Waals surface area (Å²) in [5.74, 6) is 4.04. The molecular weight excluding hydrogens is 258 g/mol. The van der Waals surface area contributed by atoms with Gasteiger partial charge in [-0.1, -0.05) is 0 Å². The lowest BCUT2D eigenvalue weighted by Gasteiger charge is -2.09. The average molecular weight is 273 g/mol. The molecule has 0 aromatic carbocycles. The van der Waals surface area contributed by atoms with E-state index in [2.05, 4.69) is 32.2 Å². The lowest BCUT2D eigenvalue weighted by Crippen LogP contribution is -2.07. The standard InChI is InChI=1S/C13H15N5S/c1-3-14-11-9-6-19-7-10(9)17-13(18-11)12-15-4-8(2)5-16-12/h4-5H,3,6-7H2,1-2H3,(H,14,17,18). The Hall–Kier alpha value is -1.69. The van der Waals surface area contributed by atoms with Gasteiger partial charge in [-0.3, -0.25) is 0 Å². The number of nitrogens with zero attached hydrogens (tertiary/aromatic N) is 4. The number of aromatic nitrogens is 4. The van der Waals surface area contributed by atoms with Crippen LogP contribution in [0.25, 0.3) is 11.6 Å². The van der Waals surface area contributed by atoms with Gasteiger partial charge in [0.25, 0.3) is 0 Å². The van der Waals surface area contributed by atoms with Crippen LogP contribution in [-0.4, -0.2) is 26.5 Å². The van der Waals surface area contributed by atoms with Crippen molar-refractivity contribution in [2.45, 2.75) is 25.4 Å². The van der Waals surface area contributed by atoms with E-state index < -0.39 is 0 Å². The summed E-state index contributed by atoms with van der Waals surface area (Å²) in [7, 11) is 0. The maximum atomic E-state index is 4.60. The second-order valence-corrected chi connectivity index (χ2v) is 5.41. The smallest absolute Gasteiger partial charge is 0.199 e. The van der Waals surface area contributed by atoms with Crippen LogP contribution in [0.4, 0.5) is 5.82 Å². The number of hydrogen-bond donors (Lipinski definition) is 1. The molecule has 3 rings (SSSR count). The molecule has 1 aliphatic rings. The summed E-state index contributed by atoms with van der Waals surface area (Å²) < 4.78 is 0. The zero-order valence-electron chi connectivity index (χ0n) is 11.0. The topological polar surface area (TPSA) is 63.6 Å². The van der Waals surface area contributed by atoms with Crippen molar-refractivity contribution in [1.82, 2.24) is 19.9 Å². The SMILES string of the molecule is CCNc1nc(-c2ncc(C)cn2)nc2c1CSC2. The van der Waals surface area contributed by atoms with E-state index in [1.807, 2.05) is 18.7 Å². The van der Waals surface area contributed by atoms with Crippen molar-refractivity contribution in [3.8, 4) is 11.6 Å². The normalized spacial score (nSPS) is 13.4. The van der Waals surface area contributed by atoms with Crippen molar-refractivity contribution >= 4 is 17.6 Å². The van der Waals surface area contributed by atoms with Crippen LogP contribution in [0.2, 0.25) is 0 Å². The van der Waals surface area contributed by atoms with Crippen molar-refractivity contribution in [3.63, 3.8) is 0 Å². The molecule has 3 heterocycles. The van der Waals surface area contributed by atoms with Gasteiger partial charge in [0.05, 0.1) is 5.69 Å². The monoisotopic (exact) mass is 273 g/mol. The largest absolute Gasteiger partial charge is 0.370 e. The maximum Gasteiger partial charge on any atom is 0.199 e. The first kappa shape index (κ1) is 12.3. The van der Waals surface area contributed by atoms with Gasteiger partial charge >= 0.3 is 0 Å². The number of hydrogen-bond acceptors (Lipinski definition) is 6. The van der Waals surface area contributed by atoms with Crippen LogP contribution in [0.3, 0.4) is 0 Å². The van der Waals surface area contributed by atoms with Crippen LogP contribution < -0.4 is 5.32 Å². The molecule has 2 aromatic rings. The summed E-state index contributed by atoms with van der Waals surface area (Å²) in [6.07, 6.45) is 3.58. The van der Waals surface area contributed by atoms with Crippen molar-refractivity contribution in [3.05, 3.63) is 29.2 Å². The zero-order valence-corrected chi connectivity index (χ0v) is 11.8. The van der Waals surface area contributed by atoms with Gasteiger partial charge < -0.3 is 5.32 Å². The highest BCUT2D eigenvalue weighted by molar-refractivity contribution is 7.98. The third-order valence-electron chi connectivity index (χ3n) is 2.90. The van der Waals surface area contributed by atoms with Crippen molar-refractivity contribution < 1.29 is 0 Å². The van der Waals surface area contributed by atoms with E-state index in [-0.39, 0.29) is 0 Å². The minimum Gasteiger partial charge on any atom is -0.370 e. The lowest BCUT2D eigenvalue weighted by atomic mass is 10.2. The van der Waals surface area contributed by atoms with Crippen molar-refractivity contribution in [2.24, 2.45) is 0 Å². The molecule has 2 aromatic heterocycles. The molecule has 0 radical (unpaired) electrons. The molecule has 5 nitrogen and oxygen atoms in total. The fraction of sp³-hybridized carbons (Fsp3) is 0.385. The van der Waals surface area contributed by atoms with Gasteiger partial charge in [-0.05, 0) is 19.4 Å². The van der Waals surface area contributed by atoms with Gasteiger partial charge in [0, 0.05) is 36.0 Å². The van der Waals surface area contributed by atoms with Crippen LogP contribution in [0.5, 0.6) is 0 Å². The van der Waals surface area contributed by atoms with Gasteiger partial charge in [0.1, 0.15) is 5.82 Å². The van der Waals surface area contributed by atoms with Crippen LogP contribution in [0.1, 0.15) is 23.7 Å². The highest BCUT2D eigenvalue weighted by Gasteiger charge is 2.20. The van der Waals surface area contributed by atoms with Crippen LogP contribution in [0.15, 0.2) is 12.4 Å². The van der Waals surface area contributed by atoms with Gasteiger partial charge in [-0.15, -0.1) is 0 Å². The van der Waals surface area contributed by atoms with E-state index in [0.717, 1.165) is 35.1 Å². The fourth-order valence-electron chi connectivity index (χ4n) is 1.97. The molecule has 0 saturated carbocycles. The molecule has 0 aliphatic carbocycles. The molecule has 1 N–H and O–H groups in total. The first-order valence-corrected chi connectivity index (χ1v) is 7.44. The molecule has 98 valence electrons. The Balaban J connectivity index is 2.07. The minimum absolute atomic E-state index is 0.587. The third-order valence-corrected chi connectivity index (χ3v) is 3.87. The van der Waals surface area contributed by atoms with E-state index in [9.17, 15) is 0 Å². The Kier molecular flexibility index (Phi) is 3.33. The van der Waals surface area contributed by atoms with Gasteiger partial charge in [-0.25, -0.2) is 19.9 Å². The second-order valence-electron chi connectivity index (χ2n) is 4.43. The Morgan fingerprint density at radius 3 is 2.68 bits per heavy atom. The maximum absolute atomic E-state index is 4.60. The summed E-state index contributed by atoms with van der Waals surface area (Å²) in [6, 6.07) is 0. The Morgan fingerprint density at radius 1 is 1.16 bits per heavy atom. The predicted molar refractivity (Wildman–Crippen MR) is 77.0 cm³/mol. The first-order valence-electron chi connectivity index (χ1n) is 6.28. The number of rotatable bonds is 3. The van der Waals surface area contributed by atoms with E-state index in [1.54, 1.807) is 12.4 Å². The van der Waals surface area contributed by atoms with Crippen molar-refractivity contribution in [2.75, 3.05) is 11.9 Å². The third kappa shape index (κ3) is 2.40. The van der Waals surface area contributed by atoms with Crippen molar-refractivity contribution in [1.29, 1.82) is 0 Å². The van der Waals surface area contributed by atoms with E-state index in [1.165, 1.54) is 5.56 Å². The molecule has 0 spiro atoms. The Bertz CT molecular complexity index is 597. The summed E-state index contributed by atoms with van der Waals surface area (Å²) >= 11 is 1.87. The molecule has 6 heteroatoms. The molecule has 1 aliphatic heterocycles. The van der Waals surface area contributed by atoms with Crippen LogP contribution in [0, 0.1) is 6.92 Å². The van der Waals surface area contributed by atoms with Gasteiger partial charge in [0.2, 0.25) is 0 Å². The Labute approximate surface area is 116 Å². The zero-order chi connectivity index (χ0) is 13.2. The number of aryl methyl sites for hydroxylation is 1. The van der Waals surface area contributed by atoms with E-state index in [0.29, 0.717) is 11.6 Å². The first-order chi connectivity index (χ1) is 9.28. The van der Waals surface area contributed by atoms with Gasteiger partial charge in [0.15, 0.2) is 11.6 Å². The number of fused-ring (bicyclic) bond motifs is 1. The quantitative estimate of drug-likeness (QED) is 0.926. The highest BCUT2D eigenvalue weighted by Crippen LogP contribution is 2.33. The predicted octanol–water partition coefficient (Wildman–Crippen LogP) is 2.42.